The van der Waals surface area contributed by atoms with E-state index in [1.807, 2.05) is 14.0 Å². The van der Waals surface area contributed by atoms with E-state index < -0.39 is 0 Å². The summed E-state index contributed by atoms with van der Waals surface area (Å²) in [4.78, 5) is 13.7. The number of rotatable bonds is 5. The van der Waals surface area contributed by atoms with Gasteiger partial charge in [0.25, 0.3) is 0 Å². The van der Waals surface area contributed by atoms with E-state index >= 15 is 0 Å². The van der Waals surface area contributed by atoms with Crippen molar-refractivity contribution < 1.29 is 0 Å². The van der Waals surface area contributed by atoms with Gasteiger partial charge in [-0.05, 0) is 46.1 Å². The Balaban J connectivity index is 1.82. The predicted octanol–water partition coefficient (Wildman–Crippen LogP) is 2.58. The van der Waals surface area contributed by atoms with Gasteiger partial charge in [-0.3, -0.25) is 4.99 Å². The molecule has 0 radical (unpaired) electrons. The van der Waals surface area contributed by atoms with E-state index in [1.54, 1.807) is 11.3 Å². The summed E-state index contributed by atoms with van der Waals surface area (Å²) in [6.45, 7) is 10.9. The van der Waals surface area contributed by atoms with Crippen molar-refractivity contribution in [2.45, 2.75) is 46.2 Å². The van der Waals surface area contributed by atoms with E-state index in [4.69, 9.17) is 0 Å². The molecule has 1 fully saturated rings. The van der Waals surface area contributed by atoms with Crippen molar-refractivity contribution in [1.82, 2.24) is 20.1 Å². The van der Waals surface area contributed by atoms with Crippen LogP contribution in [0.5, 0.6) is 0 Å². The summed E-state index contributed by atoms with van der Waals surface area (Å²) < 4.78 is 0. The number of aryl methyl sites for hydroxylation is 1. The average molecular weight is 338 g/mol. The molecule has 5 nitrogen and oxygen atoms in total. The second-order valence-corrected chi connectivity index (χ2v) is 7.80. The fraction of sp³-hybridized carbons (Fsp3) is 0.765. The van der Waals surface area contributed by atoms with Gasteiger partial charge in [-0.1, -0.05) is 0 Å². The highest BCUT2D eigenvalue weighted by Gasteiger charge is 2.22. The van der Waals surface area contributed by atoms with Crippen LogP contribution in [0.2, 0.25) is 0 Å². The zero-order chi connectivity index (χ0) is 16.8. The van der Waals surface area contributed by atoms with Crippen LogP contribution in [0.1, 0.15) is 37.4 Å². The summed E-state index contributed by atoms with van der Waals surface area (Å²) in [5.74, 6) is 1.66. The number of nitrogens with one attached hydrogen (secondary N) is 1. The maximum atomic E-state index is 4.53. The summed E-state index contributed by atoms with van der Waals surface area (Å²) in [5.41, 5.74) is 1.11. The average Bonchev–Trinajstić information content (AvgIpc) is 2.93. The van der Waals surface area contributed by atoms with Gasteiger partial charge in [0.05, 0.1) is 17.2 Å². The Morgan fingerprint density at radius 1 is 1.57 bits per heavy atom. The minimum absolute atomic E-state index is 0.646. The van der Waals surface area contributed by atoms with Crippen molar-refractivity contribution in [1.29, 1.82) is 0 Å². The third kappa shape index (κ3) is 5.46. The van der Waals surface area contributed by atoms with E-state index in [0.717, 1.165) is 29.8 Å². The van der Waals surface area contributed by atoms with Crippen LogP contribution in [0.15, 0.2) is 10.4 Å². The molecule has 1 aromatic rings. The lowest BCUT2D eigenvalue weighted by atomic mass is 9.97. The molecule has 1 aromatic heterocycles. The normalized spacial score (nSPS) is 20.1. The van der Waals surface area contributed by atoms with Gasteiger partial charge in [-0.2, -0.15) is 0 Å². The van der Waals surface area contributed by atoms with Gasteiger partial charge in [-0.25, -0.2) is 4.98 Å². The number of hydrogen-bond acceptors (Lipinski definition) is 4. The Morgan fingerprint density at radius 2 is 2.35 bits per heavy atom. The molecule has 1 unspecified atom stereocenters. The lowest BCUT2D eigenvalue weighted by molar-refractivity contribution is 0.140. The summed E-state index contributed by atoms with van der Waals surface area (Å²) in [6.07, 6.45) is 2.61. The molecule has 1 aliphatic heterocycles. The van der Waals surface area contributed by atoms with E-state index in [9.17, 15) is 0 Å². The zero-order valence-electron chi connectivity index (χ0n) is 15.2. The molecule has 1 atom stereocenters. The number of aromatic nitrogens is 1. The second-order valence-electron chi connectivity index (χ2n) is 6.74. The van der Waals surface area contributed by atoms with Gasteiger partial charge in [0, 0.05) is 38.6 Å². The lowest BCUT2D eigenvalue weighted by Crippen LogP contribution is -2.46. The number of piperidine rings is 1. The number of guanidine groups is 1. The molecular weight excluding hydrogens is 306 g/mol. The predicted molar refractivity (Wildman–Crippen MR) is 99.1 cm³/mol. The Kier molecular flexibility index (Phi) is 6.84. The van der Waals surface area contributed by atoms with Crippen LogP contribution in [-0.4, -0.2) is 60.5 Å². The van der Waals surface area contributed by atoms with Gasteiger partial charge >= 0.3 is 0 Å². The molecule has 0 bridgehead atoms. The molecule has 6 heteroatoms. The molecule has 1 aliphatic rings. The van der Waals surface area contributed by atoms with Crippen LogP contribution in [-0.2, 0) is 6.54 Å². The first-order valence-corrected chi connectivity index (χ1v) is 9.44. The van der Waals surface area contributed by atoms with Crippen LogP contribution in [0.4, 0.5) is 0 Å². The SMILES string of the molecule is CN=C(NCC1CCCN(C(C)C)C1)N(C)Cc1csc(C)n1. The minimum Gasteiger partial charge on any atom is -0.356 e. The van der Waals surface area contributed by atoms with E-state index in [0.29, 0.717) is 12.0 Å². The molecule has 23 heavy (non-hydrogen) atoms. The molecule has 0 amide bonds. The topological polar surface area (TPSA) is 43.8 Å². The molecule has 0 saturated carbocycles. The van der Waals surface area contributed by atoms with Gasteiger partial charge in [0.2, 0.25) is 0 Å². The van der Waals surface area contributed by atoms with E-state index in [1.165, 1.54) is 25.9 Å². The smallest absolute Gasteiger partial charge is 0.193 e. The maximum absolute atomic E-state index is 4.53. The number of thiazole rings is 1. The van der Waals surface area contributed by atoms with Crippen molar-refractivity contribution in [2.24, 2.45) is 10.9 Å². The highest BCUT2D eigenvalue weighted by atomic mass is 32.1. The zero-order valence-corrected chi connectivity index (χ0v) is 16.0. The van der Waals surface area contributed by atoms with Crippen molar-refractivity contribution >= 4 is 17.3 Å². The van der Waals surface area contributed by atoms with Crippen molar-refractivity contribution in [2.75, 3.05) is 33.7 Å². The molecule has 0 aliphatic carbocycles. The van der Waals surface area contributed by atoms with Crippen LogP contribution < -0.4 is 5.32 Å². The molecule has 0 spiro atoms. The molecular formula is C17H31N5S. The molecule has 1 N–H and O–H groups in total. The van der Waals surface area contributed by atoms with Crippen molar-refractivity contribution in [3.05, 3.63) is 16.1 Å². The molecule has 2 heterocycles. The Labute approximate surface area is 144 Å². The van der Waals surface area contributed by atoms with Crippen molar-refractivity contribution in [3.63, 3.8) is 0 Å². The largest absolute Gasteiger partial charge is 0.356 e. The molecule has 130 valence electrons. The van der Waals surface area contributed by atoms with Gasteiger partial charge in [0.1, 0.15) is 0 Å². The fourth-order valence-electron chi connectivity index (χ4n) is 3.15. The van der Waals surface area contributed by atoms with Crippen LogP contribution in [0.3, 0.4) is 0 Å². The lowest BCUT2D eigenvalue weighted by Gasteiger charge is -2.36. The van der Waals surface area contributed by atoms with Crippen LogP contribution in [0, 0.1) is 12.8 Å². The number of hydrogen-bond donors (Lipinski definition) is 1. The van der Waals surface area contributed by atoms with E-state index in [-0.39, 0.29) is 0 Å². The standard InChI is InChI=1S/C17H31N5S/c1-13(2)22-8-6-7-15(10-22)9-19-17(18-4)21(5)11-16-12-23-14(3)20-16/h12-13,15H,6-11H2,1-5H3,(H,18,19). The molecule has 2 rings (SSSR count). The van der Waals surface area contributed by atoms with Gasteiger partial charge in [0.15, 0.2) is 5.96 Å². The van der Waals surface area contributed by atoms with Crippen LogP contribution >= 0.6 is 11.3 Å². The monoisotopic (exact) mass is 337 g/mol. The van der Waals surface area contributed by atoms with Gasteiger partial charge in [-0.15, -0.1) is 11.3 Å². The first kappa shape index (κ1) is 18.2. The quantitative estimate of drug-likeness (QED) is 0.662. The fourth-order valence-corrected chi connectivity index (χ4v) is 3.76. The number of likely N-dealkylation sites (tertiary alicyclic amines) is 1. The van der Waals surface area contributed by atoms with Crippen molar-refractivity contribution in [3.8, 4) is 0 Å². The summed E-state index contributed by atoms with van der Waals surface area (Å²) in [7, 11) is 3.93. The molecule has 0 aromatic carbocycles. The van der Waals surface area contributed by atoms with Crippen LogP contribution in [0.25, 0.3) is 0 Å². The van der Waals surface area contributed by atoms with Gasteiger partial charge < -0.3 is 15.1 Å². The number of nitrogens with zero attached hydrogens (tertiary/aromatic N) is 4. The summed E-state index contributed by atoms with van der Waals surface area (Å²) >= 11 is 1.70. The minimum atomic E-state index is 0.646. The first-order valence-electron chi connectivity index (χ1n) is 8.56. The Morgan fingerprint density at radius 3 is 2.96 bits per heavy atom. The highest BCUT2D eigenvalue weighted by Crippen LogP contribution is 2.17. The number of aliphatic imine (C=N–C) groups is 1. The molecule has 1 saturated heterocycles. The van der Waals surface area contributed by atoms with E-state index in [2.05, 4.69) is 51.4 Å². The first-order chi connectivity index (χ1) is 11.0. The maximum Gasteiger partial charge on any atom is 0.193 e. The second kappa shape index (κ2) is 8.64. The Bertz CT molecular complexity index is 511. The summed E-state index contributed by atoms with van der Waals surface area (Å²) in [5, 5.41) is 6.79. The highest BCUT2D eigenvalue weighted by molar-refractivity contribution is 7.09. The summed E-state index contributed by atoms with van der Waals surface area (Å²) in [6, 6.07) is 0.646. The third-order valence-corrected chi connectivity index (χ3v) is 5.29. The third-order valence-electron chi connectivity index (χ3n) is 4.47. The Hall–Kier alpha value is -1.14.